The van der Waals surface area contributed by atoms with E-state index in [0.717, 1.165) is 24.2 Å². The summed E-state index contributed by atoms with van der Waals surface area (Å²) in [6.45, 7) is 3.93. The fourth-order valence-electron chi connectivity index (χ4n) is 3.47. The summed E-state index contributed by atoms with van der Waals surface area (Å²) in [5.41, 5.74) is 0.497. The van der Waals surface area contributed by atoms with Gasteiger partial charge in [-0.3, -0.25) is 9.69 Å². The largest absolute Gasteiger partial charge is 0.367 e. The Morgan fingerprint density at radius 2 is 2.04 bits per heavy atom. The number of hydrogen-bond acceptors (Lipinski definition) is 5. The number of anilines is 2. The molecule has 0 radical (unpaired) electrons. The molecular weight excluding hydrogens is 326 g/mol. The van der Waals surface area contributed by atoms with Crippen molar-refractivity contribution in [3.63, 3.8) is 0 Å². The monoisotopic (exact) mass is 343 g/mol. The molecule has 3 heterocycles. The molecule has 2 aliphatic rings. The van der Waals surface area contributed by atoms with Crippen molar-refractivity contribution in [2.75, 3.05) is 10.2 Å². The number of pyridine rings is 1. The lowest BCUT2D eigenvalue weighted by molar-refractivity contribution is -0.122. The second-order valence-electron chi connectivity index (χ2n) is 6.85. The third-order valence-corrected chi connectivity index (χ3v) is 5.08. The first-order valence-corrected chi connectivity index (χ1v) is 8.39. The summed E-state index contributed by atoms with van der Waals surface area (Å²) in [6, 6.07) is 6.12. The fourth-order valence-corrected chi connectivity index (χ4v) is 3.62. The lowest BCUT2D eigenvalue weighted by Crippen LogP contribution is -2.53. The summed E-state index contributed by atoms with van der Waals surface area (Å²) in [7, 11) is 0. The van der Waals surface area contributed by atoms with Gasteiger partial charge in [0.15, 0.2) is 0 Å². The van der Waals surface area contributed by atoms with E-state index in [9.17, 15) is 4.79 Å². The minimum Gasteiger partial charge on any atom is -0.367 e. The lowest BCUT2D eigenvalue weighted by Gasteiger charge is -2.41. The van der Waals surface area contributed by atoms with Gasteiger partial charge in [0, 0.05) is 30.0 Å². The number of hydrogen-bond donors (Lipinski definition) is 1. The van der Waals surface area contributed by atoms with Crippen LogP contribution < -0.4 is 10.2 Å². The Morgan fingerprint density at radius 3 is 2.79 bits per heavy atom. The molecule has 0 saturated heterocycles. The standard InChI is InChI=1S/C17H18ClN5O/c1-17(2)12-4-3-6-19-14(12)23(15(17)24)11-8-10(9-11)21-13-5-7-20-16(18)22-13/h3-7,10-11H,8-9H2,1-2H3,(H,20,21,22)/t10-,11-. The van der Waals surface area contributed by atoms with Crippen LogP contribution in [-0.4, -0.2) is 32.9 Å². The van der Waals surface area contributed by atoms with Gasteiger partial charge in [0.2, 0.25) is 11.2 Å². The second kappa shape index (κ2) is 5.41. The van der Waals surface area contributed by atoms with E-state index in [4.69, 9.17) is 11.6 Å². The van der Waals surface area contributed by atoms with Gasteiger partial charge in [-0.25, -0.2) is 15.0 Å². The summed E-state index contributed by atoms with van der Waals surface area (Å²) in [4.78, 5) is 27.2. The van der Waals surface area contributed by atoms with E-state index in [0.29, 0.717) is 5.82 Å². The van der Waals surface area contributed by atoms with Gasteiger partial charge >= 0.3 is 0 Å². The summed E-state index contributed by atoms with van der Waals surface area (Å²) in [6.07, 6.45) is 5.09. The molecule has 0 atom stereocenters. The zero-order valence-electron chi connectivity index (χ0n) is 13.5. The first-order chi connectivity index (χ1) is 11.5. The maximum Gasteiger partial charge on any atom is 0.238 e. The quantitative estimate of drug-likeness (QED) is 0.868. The number of halogens is 1. The van der Waals surface area contributed by atoms with E-state index in [-0.39, 0.29) is 23.3 Å². The number of aromatic nitrogens is 3. The molecule has 1 saturated carbocycles. The van der Waals surface area contributed by atoms with Crippen LogP contribution in [0.1, 0.15) is 32.3 Å². The predicted molar refractivity (Wildman–Crippen MR) is 92.2 cm³/mol. The highest BCUT2D eigenvalue weighted by Gasteiger charge is 2.50. The minimum absolute atomic E-state index is 0.129. The van der Waals surface area contributed by atoms with Crippen LogP contribution in [0.2, 0.25) is 5.28 Å². The summed E-state index contributed by atoms with van der Waals surface area (Å²) in [5.74, 6) is 1.65. The molecular formula is C17H18ClN5O. The molecule has 2 aromatic heterocycles. The fraction of sp³-hybridized carbons (Fsp3) is 0.412. The Hall–Kier alpha value is -2.21. The van der Waals surface area contributed by atoms with Crippen molar-refractivity contribution in [2.45, 2.75) is 44.2 Å². The maximum absolute atomic E-state index is 12.9. The summed E-state index contributed by atoms with van der Waals surface area (Å²) < 4.78 is 0. The molecule has 124 valence electrons. The molecule has 1 N–H and O–H groups in total. The van der Waals surface area contributed by atoms with Crippen LogP contribution in [0.5, 0.6) is 0 Å². The van der Waals surface area contributed by atoms with Crippen LogP contribution in [0.25, 0.3) is 0 Å². The molecule has 6 nitrogen and oxygen atoms in total. The zero-order chi connectivity index (χ0) is 16.9. The SMILES string of the molecule is CC1(C)C(=O)N([C@H]2C[C@H](Nc3ccnc(Cl)n3)C2)c2ncccc21. The average molecular weight is 344 g/mol. The van der Waals surface area contributed by atoms with Gasteiger partial charge < -0.3 is 5.32 Å². The van der Waals surface area contributed by atoms with E-state index < -0.39 is 5.41 Å². The third kappa shape index (κ3) is 2.33. The molecule has 24 heavy (non-hydrogen) atoms. The van der Waals surface area contributed by atoms with E-state index in [2.05, 4.69) is 20.3 Å². The lowest BCUT2D eigenvalue weighted by atomic mass is 9.84. The van der Waals surface area contributed by atoms with Crippen molar-refractivity contribution in [3.8, 4) is 0 Å². The highest BCUT2D eigenvalue weighted by Crippen LogP contribution is 2.44. The van der Waals surface area contributed by atoms with Crippen molar-refractivity contribution in [1.82, 2.24) is 15.0 Å². The Bertz CT molecular complexity index is 803. The molecule has 0 unspecified atom stereocenters. The van der Waals surface area contributed by atoms with Gasteiger partial charge in [-0.1, -0.05) is 6.07 Å². The summed E-state index contributed by atoms with van der Waals surface area (Å²) in [5, 5.41) is 3.57. The number of carbonyl (C=O) groups is 1. The first kappa shape index (κ1) is 15.3. The van der Waals surface area contributed by atoms with Crippen LogP contribution in [0.4, 0.5) is 11.6 Å². The third-order valence-electron chi connectivity index (χ3n) is 4.90. The van der Waals surface area contributed by atoms with E-state index in [1.807, 2.05) is 30.9 Å². The summed E-state index contributed by atoms with van der Waals surface area (Å²) >= 11 is 5.81. The molecule has 1 aliphatic carbocycles. The van der Waals surface area contributed by atoms with Crippen LogP contribution in [0.15, 0.2) is 30.6 Å². The highest BCUT2D eigenvalue weighted by atomic mass is 35.5. The van der Waals surface area contributed by atoms with Crippen molar-refractivity contribution in [1.29, 1.82) is 0 Å². The molecule has 7 heteroatoms. The zero-order valence-corrected chi connectivity index (χ0v) is 14.3. The Labute approximate surface area is 145 Å². The van der Waals surface area contributed by atoms with Gasteiger partial charge in [0.1, 0.15) is 11.6 Å². The number of fused-ring (bicyclic) bond motifs is 1. The van der Waals surface area contributed by atoms with E-state index in [1.54, 1.807) is 18.5 Å². The van der Waals surface area contributed by atoms with Gasteiger partial charge in [0.25, 0.3) is 0 Å². The van der Waals surface area contributed by atoms with Gasteiger partial charge in [-0.2, -0.15) is 0 Å². The minimum atomic E-state index is -0.512. The van der Waals surface area contributed by atoms with Crippen molar-refractivity contribution >= 4 is 29.1 Å². The first-order valence-electron chi connectivity index (χ1n) is 8.01. The van der Waals surface area contributed by atoms with Crippen molar-refractivity contribution < 1.29 is 4.79 Å². The topological polar surface area (TPSA) is 71.0 Å². The Balaban J connectivity index is 1.48. The van der Waals surface area contributed by atoms with Crippen molar-refractivity contribution in [3.05, 3.63) is 41.4 Å². The molecule has 1 fully saturated rings. The molecule has 1 amide bonds. The van der Waals surface area contributed by atoms with Gasteiger partial charge in [0.05, 0.1) is 5.41 Å². The smallest absolute Gasteiger partial charge is 0.238 e. The molecule has 0 bridgehead atoms. The predicted octanol–water partition coefficient (Wildman–Crippen LogP) is 2.79. The Kier molecular flexibility index (Phi) is 3.46. The van der Waals surface area contributed by atoms with E-state index >= 15 is 0 Å². The van der Waals surface area contributed by atoms with Crippen molar-refractivity contribution in [2.24, 2.45) is 0 Å². The molecule has 0 aromatic carbocycles. The molecule has 0 spiro atoms. The number of amides is 1. The maximum atomic E-state index is 12.9. The van der Waals surface area contributed by atoms with Crippen LogP contribution in [0.3, 0.4) is 0 Å². The molecule has 2 aromatic rings. The average Bonchev–Trinajstić information content (AvgIpc) is 2.71. The molecule has 4 rings (SSSR count). The Morgan fingerprint density at radius 1 is 1.25 bits per heavy atom. The normalized spacial score (nSPS) is 24.5. The van der Waals surface area contributed by atoms with E-state index in [1.165, 1.54) is 0 Å². The number of carbonyl (C=O) groups excluding carboxylic acids is 1. The van der Waals surface area contributed by atoms with Crippen LogP contribution in [-0.2, 0) is 10.2 Å². The highest BCUT2D eigenvalue weighted by molar-refractivity contribution is 6.28. The number of nitrogens with one attached hydrogen (secondary N) is 1. The number of nitrogens with zero attached hydrogens (tertiary/aromatic N) is 4. The molecule has 1 aliphatic heterocycles. The second-order valence-corrected chi connectivity index (χ2v) is 7.19. The number of rotatable bonds is 3. The van der Waals surface area contributed by atoms with Gasteiger partial charge in [-0.15, -0.1) is 0 Å². The van der Waals surface area contributed by atoms with Crippen LogP contribution >= 0.6 is 11.6 Å². The van der Waals surface area contributed by atoms with Gasteiger partial charge in [-0.05, 0) is 50.4 Å². The van der Waals surface area contributed by atoms with Crippen LogP contribution in [0, 0.1) is 0 Å².